The number of benzene rings is 2. The molecule has 1 fully saturated rings. The minimum absolute atomic E-state index is 0.0657. The van der Waals surface area contributed by atoms with E-state index in [1.807, 2.05) is 72.5 Å². The van der Waals surface area contributed by atoms with Crippen LogP contribution in [0.15, 0.2) is 60.7 Å². The first-order valence-corrected chi connectivity index (χ1v) is 8.42. The van der Waals surface area contributed by atoms with E-state index < -0.39 is 0 Å². The van der Waals surface area contributed by atoms with Crippen LogP contribution in [0, 0.1) is 5.92 Å². The summed E-state index contributed by atoms with van der Waals surface area (Å²) in [5, 5.41) is 0. The molecule has 2 aromatic carbocycles. The summed E-state index contributed by atoms with van der Waals surface area (Å²) in [6, 6.07) is 19.6. The summed E-state index contributed by atoms with van der Waals surface area (Å²) in [5.74, 6) is -0.169. The number of nitrogens with zero attached hydrogens (tertiary/aromatic N) is 1. The van der Waals surface area contributed by atoms with Crippen LogP contribution < -0.4 is 5.73 Å². The van der Waals surface area contributed by atoms with Gasteiger partial charge in [0.1, 0.15) is 6.10 Å². The van der Waals surface area contributed by atoms with Crippen molar-refractivity contribution < 1.29 is 9.53 Å². The molecule has 0 unspecified atom stereocenters. The van der Waals surface area contributed by atoms with E-state index in [0.717, 1.165) is 11.1 Å². The Bertz CT molecular complexity index is 660. The van der Waals surface area contributed by atoms with Crippen molar-refractivity contribution in [2.75, 3.05) is 19.7 Å². The summed E-state index contributed by atoms with van der Waals surface area (Å²) in [6.45, 7) is 3.66. The molecule has 0 aliphatic carbocycles. The maximum absolute atomic E-state index is 12.9. The molecule has 0 radical (unpaired) electrons. The Morgan fingerprint density at radius 3 is 2.42 bits per heavy atom. The van der Waals surface area contributed by atoms with Gasteiger partial charge in [0.2, 0.25) is 5.91 Å². The summed E-state index contributed by atoms with van der Waals surface area (Å²) in [5.41, 5.74) is 8.41. The number of rotatable bonds is 4. The largest absolute Gasteiger partial charge is 0.370 e. The van der Waals surface area contributed by atoms with E-state index in [4.69, 9.17) is 10.5 Å². The molecule has 0 saturated carbocycles. The Hall–Kier alpha value is -2.17. The topological polar surface area (TPSA) is 55.6 Å². The summed E-state index contributed by atoms with van der Waals surface area (Å²) in [7, 11) is 0. The molecule has 3 atom stereocenters. The molecule has 2 N–H and O–H groups in total. The maximum atomic E-state index is 12.9. The van der Waals surface area contributed by atoms with E-state index in [-0.39, 0.29) is 24.0 Å². The van der Waals surface area contributed by atoms with Crippen molar-refractivity contribution in [1.29, 1.82) is 0 Å². The van der Waals surface area contributed by atoms with Gasteiger partial charge in [0.05, 0.1) is 19.1 Å². The third-order valence-electron chi connectivity index (χ3n) is 4.66. The number of hydrogen-bond donors (Lipinski definition) is 1. The van der Waals surface area contributed by atoms with Gasteiger partial charge in [-0.1, -0.05) is 67.6 Å². The highest BCUT2D eigenvalue weighted by atomic mass is 16.5. The lowest BCUT2D eigenvalue weighted by molar-refractivity contribution is -0.143. The number of carbonyl (C=O) groups is 1. The van der Waals surface area contributed by atoms with Crippen LogP contribution in [-0.4, -0.2) is 30.5 Å². The number of nitrogens with two attached hydrogens (primary N) is 1. The molecule has 4 nitrogen and oxygen atoms in total. The van der Waals surface area contributed by atoms with Crippen LogP contribution in [0.5, 0.6) is 0 Å². The van der Waals surface area contributed by atoms with Gasteiger partial charge in [-0.15, -0.1) is 0 Å². The minimum Gasteiger partial charge on any atom is -0.370 e. The van der Waals surface area contributed by atoms with Gasteiger partial charge >= 0.3 is 0 Å². The lowest BCUT2D eigenvalue weighted by atomic mass is 9.93. The van der Waals surface area contributed by atoms with Crippen LogP contribution >= 0.6 is 0 Å². The summed E-state index contributed by atoms with van der Waals surface area (Å²) >= 11 is 0. The van der Waals surface area contributed by atoms with Crippen LogP contribution in [0.25, 0.3) is 0 Å². The molecule has 0 aromatic heterocycles. The molecule has 1 heterocycles. The second kappa shape index (κ2) is 7.60. The van der Waals surface area contributed by atoms with Crippen molar-refractivity contribution >= 4 is 5.91 Å². The van der Waals surface area contributed by atoms with Gasteiger partial charge in [-0.25, -0.2) is 0 Å². The molecule has 1 saturated heterocycles. The number of carbonyl (C=O) groups excluding carboxylic acids is 1. The molecule has 24 heavy (non-hydrogen) atoms. The molecule has 3 rings (SSSR count). The quantitative estimate of drug-likeness (QED) is 0.941. The standard InChI is InChI=1S/C20H24N2O2/c1-15(19(21)17-10-6-3-7-11-17)20(23)22-12-13-24-18(14-22)16-8-4-2-5-9-16/h2-11,15,18-19H,12-14,21H2,1H3/t15-,18+,19-/m0/s1. The first-order valence-electron chi connectivity index (χ1n) is 8.42. The van der Waals surface area contributed by atoms with Gasteiger partial charge in [0, 0.05) is 12.6 Å². The highest BCUT2D eigenvalue weighted by molar-refractivity contribution is 5.79. The van der Waals surface area contributed by atoms with Crippen LogP contribution in [0.3, 0.4) is 0 Å². The third-order valence-corrected chi connectivity index (χ3v) is 4.66. The van der Waals surface area contributed by atoms with Gasteiger partial charge in [-0.2, -0.15) is 0 Å². The van der Waals surface area contributed by atoms with Crippen molar-refractivity contribution in [2.45, 2.75) is 19.1 Å². The Balaban J connectivity index is 1.68. The molecule has 0 spiro atoms. The van der Waals surface area contributed by atoms with Crippen molar-refractivity contribution in [3.8, 4) is 0 Å². The maximum Gasteiger partial charge on any atom is 0.227 e. The van der Waals surface area contributed by atoms with Crippen LogP contribution in [0.4, 0.5) is 0 Å². The zero-order valence-electron chi connectivity index (χ0n) is 14.0. The predicted octanol–water partition coefficient (Wildman–Crippen LogP) is 2.92. The number of hydrogen-bond acceptors (Lipinski definition) is 3. The Kier molecular flexibility index (Phi) is 5.28. The molecule has 2 aromatic rings. The van der Waals surface area contributed by atoms with Crippen molar-refractivity contribution in [3.63, 3.8) is 0 Å². The van der Waals surface area contributed by atoms with E-state index in [9.17, 15) is 4.79 Å². The van der Waals surface area contributed by atoms with Gasteiger partial charge in [0.15, 0.2) is 0 Å². The van der Waals surface area contributed by atoms with Crippen LogP contribution in [0.2, 0.25) is 0 Å². The lowest BCUT2D eigenvalue weighted by Gasteiger charge is -2.35. The molecule has 126 valence electrons. The summed E-state index contributed by atoms with van der Waals surface area (Å²) in [4.78, 5) is 14.8. The fraction of sp³-hybridized carbons (Fsp3) is 0.350. The van der Waals surface area contributed by atoms with Gasteiger partial charge < -0.3 is 15.4 Å². The van der Waals surface area contributed by atoms with E-state index in [2.05, 4.69) is 0 Å². The van der Waals surface area contributed by atoms with Gasteiger partial charge in [-0.3, -0.25) is 4.79 Å². The van der Waals surface area contributed by atoms with E-state index >= 15 is 0 Å². The lowest BCUT2D eigenvalue weighted by Crippen LogP contribution is -2.46. The van der Waals surface area contributed by atoms with Crippen molar-refractivity contribution in [1.82, 2.24) is 4.90 Å². The minimum atomic E-state index is -0.295. The van der Waals surface area contributed by atoms with Crippen molar-refractivity contribution in [3.05, 3.63) is 71.8 Å². The smallest absolute Gasteiger partial charge is 0.227 e. The molecule has 1 aliphatic heterocycles. The average Bonchev–Trinajstić information content (AvgIpc) is 2.67. The Morgan fingerprint density at radius 2 is 1.75 bits per heavy atom. The number of ether oxygens (including phenoxy) is 1. The zero-order valence-corrected chi connectivity index (χ0v) is 14.0. The highest BCUT2D eigenvalue weighted by Crippen LogP contribution is 2.26. The van der Waals surface area contributed by atoms with E-state index in [0.29, 0.717) is 19.7 Å². The second-order valence-corrected chi connectivity index (χ2v) is 6.28. The normalized spacial score (nSPS) is 20.4. The molecule has 1 aliphatic rings. The highest BCUT2D eigenvalue weighted by Gasteiger charge is 2.31. The average molecular weight is 324 g/mol. The first-order chi connectivity index (χ1) is 11.7. The van der Waals surface area contributed by atoms with Gasteiger partial charge in [0.25, 0.3) is 0 Å². The van der Waals surface area contributed by atoms with E-state index in [1.165, 1.54) is 0 Å². The van der Waals surface area contributed by atoms with E-state index in [1.54, 1.807) is 0 Å². The third kappa shape index (κ3) is 3.66. The molecular formula is C20H24N2O2. The monoisotopic (exact) mass is 324 g/mol. The predicted molar refractivity (Wildman–Crippen MR) is 94.2 cm³/mol. The Morgan fingerprint density at radius 1 is 1.12 bits per heavy atom. The summed E-state index contributed by atoms with van der Waals surface area (Å²) < 4.78 is 5.84. The van der Waals surface area contributed by atoms with Crippen molar-refractivity contribution in [2.24, 2.45) is 11.7 Å². The molecule has 1 amide bonds. The fourth-order valence-corrected chi connectivity index (χ4v) is 3.12. The molecule has 4 heteroatoms. The number of morpholine rings is 1. The molecular weight excluding hydrogens is 300 g/mol. The zero-order chi connectivity index (χ0) is 16.9. The second-order valence-electron chi connectivity index (χ2n) is 6.28. The summed E-state index contributed by atoms with van der Waals surface area (Å²) in [6.07, 6.45) is -0.0657. The van der Waals surface area contributed by atoms with Crippen LogP contribution in [-0.2, 0) is 9.53 Å². The van der Waals surface area contributed by atoms with Gasteiger partial charge in [-0.05, 0) is 11.1 Å². The number of amides is 1. The molecule has 0 bridgehead atoms. The first kappa shape index (κ1) is 16.7. The SMILES string of the molecule is C[C@H](C(=O)N1CCO[C@@H](c2ccccc2)C1)[C@H](N)c1ccccc1. The van der Waals surface area contributed by atoms with Crippen LogP contribution in [0.1, 0.15) is 30.2 Å². The fourth-order valence-electron chi connectivity index (χ4n) is 3.12. The Labute approximate surface area is 143 Å².